The van der Waals surface area contributed by atoms with E-state index < -0.39 is 11.9 Å². The third-order valence-corrected chi connectivity index (χ3v) is 2.50. The molecule has 0 radical (unpaired) electrons. The second kappa shape index (κ2) is 34.1. The average molecular weight is 385 g/mol. The van der Waals surface area contributed by atoms with E-state index >= 15 is 0 Å². The van der Waals surface area contributed by atoms with Gasteiger partial charge in [0.05, 0.1) is 11.9 Å². The summed E-state index contributed by atoms with van der Waals surface area (Å²) in [5.41, 5.74) is 0. The van der Waals surface area contributed by atoms with Gasteiger partial charge in [-0.1, -0.05) is 47.0 Å². The van der Waals surface area contributed by atoms with Gasteiger partial charge in [-0.3, -0.25) is 4.79 Å². The zero-order chi connectivity index (χ0) is 19.1. The summed E-state index contributed by atoms with van der Waals surface area (Å²) < 4.78 is 0. The van der Waals surface area contributed by atoms with Crippen LogP contribution in [0.25, 0.3) is 0 Å². The second-order valence-corrected chi connectivity index (χ2v) is 4.88. The number of unbranched alkanes of at least 4 members (excludes halogenated alkanes) is 3. The Balaban J connectivity index is -0.0000000677. The Hall–Kier alpha value is -0.266. The van der Waals surface area contributed by atoms with E-state index in [1.165, 1.54) is 13.8 Å². The number of aliphatic hydroxyl groups excluding tert-OH is 3. The second-order valence-electron chi connectivity index (χ2n) is 4.88. The summed E-state index contributed by atoms with van der Waals surface area (Å²) in [5, 5.41) is 34.0. The van der Waals surface area contributed by atoms with Crippen molar-refractivity contribution < 1.29 is 51.7 Å². The summed E-state index contributed by atoms with van der Waals surface area (Å²) in [4.78, 5) is 20.0. The fourth-order valence-electron chi connectivity index (χ4n) is 0.640. The summed E-state index contributed by atoms with van der Waals surface area (Å²) in [6, 6.07) is 0. The third kappa shape index (κ3) is 49.5. The van der Waals surface area contributed by atoms with Crippen LogP contribution in [0.1, 0.15) is 73.1 Å². The number of carbonyl (C=O) groups is 2. The van der Waals surface area contributed by atoms with Crippen molar-refractivity contribution >= 4 is 11.8 Å². The molecule has 6 nitrogen and oxygen atoms in total. The molecule has 0 aliphatic heterocycles. The van der Waals surface area contributed by atoms with E-state index in [1.807, 2.05) is 0 Å². The first-order valence-electron chi connectivity index (χ1n) is 8.34. The van der Waals surface area contributed by atoms with Crippen molar-refractivity contribution in [2.45, 2.75) is 73.1 Å². The molecule has 3 N–H and O–H groups in total. The summed E-state index contributed by atoms with van der Waals surface area (Å²) in [6.45, 7) is 9.71. The molecule has 0 saturated heterocycles. The minimum absolute atomic E-state index is 0. The number of carboxylic acid groups (broad SMARTS) is 1. The Labute approximate surface area is 162 Å². The molecule has 0 aliphatic carbocycles. The van der Waals surface area contributed by atoms with Crippen LogP contribution in [-0.2, 0) is 31.3 Å². The number of carboxylic acids is 1. The normalized spacial score (nSPS) is 9.50. The van der Waals surface area contributed by atoms with Crippen LogP contribution >= 0.6 is 0 Å². The number of ketones is 1. The van der Waals surface area contributed by atoms with Crippen molar-refractivity contribution in [2.75, 3.05) is 19.8 Å². The first-order valence-corrected chi connectivity index (χ1v) is 8.34. The molecule has 0 heterocycles. The number of rotatable bonds is 8. The summed E-state index contributed by atoms with van der Waals surface area (Å²) in [7, 11) is 0. The summed E-state index contributed by atoms with van der Waals surface area (Å²) in [5.74, 6) is -2.64. The van der Waals surface area contributed by atoms with Crippen molar-refractivity contribution in [3.63, 3.8) is 0 Å². The van der Waals surface area contributed by atoms with Crippen LogP contribution in [0.2, 0.25) is 0 Å². The van der Waals surface area contributed by atoms with E-state index in [0.717, 1.165) is 38.5 Å². The number of hydrogen-bond acceptors (Lipinski definition) is 6. The van der Waals surface area contributed by atoms with Gasteiger partial charge in [0, 0.05) is 41.5 Å². The van der Waals surface area contributed by atoms with Crippen LogP contribution in [0.3, 0.4) is 0 Å². The van der Waals surface area contributed by atoms with Crippen molar-refractivity contribution in [3.8, 4) is 0 Å². The van der Waals surface area contributed by atoms with E-state index in [-0.39, 0.29) is 27.5 Å². The van der Waals surface area contributed by atoms with E-state index in [1.54, 1.807) is 0 Å². The largest absolute Gasteiger partial charge is 0.549 e. The smallest absolute Gasteiger partial charge is 0.138 e. The van der Waals surface area contributed by atoms with E-state index in [9.17, 15) is 14.7 Å². The molecule has 24 heavy (non-hydrogen) atoms. The van der Waals surface area contributed by atoms with Gasteiger partial charge in [-0.15, -0.1) is 0 Å². The fraction of sp³-hybridized carbons (Fsp3) is 0.882. The molecule has 1 unspecified atom stereocenters. The van der Waals surface area contributed by atoms with Gasteiger partial charge in [0.25, 0.3) is 0 Å². The molecule has 7 heteroatoms. The Kier molecular flexibility index (Phi) is 49.7. The fourth-order valence-corrected chi connectivity index (χ4v) is 0.640. The van der Waals surface area contributed by atoms with Crippen LogP contribution in [0.5, 0.6) is 0 Å². The topological polar surface area (TPSA) is 118 Å². The maximum atomic E-state index is 10.2. The molecule has 0 aliphatic rings. The Morgan fingerprint density at radius 1 is 0.833 bits per heavy atom. The van der Waals surface area contributed by atoms with Gasteiger partial charge in [-0.05, 0) is 26.2 Å². The summed E-state index contributed by atoms with van der Waals surface area (Å²) in [6.07, 6.45) is 6.11. The van der Waals surface area contributed by atoms with Crippen LogP contribution in [0, 0.1) is 5.92 Å². The number of aliphatic hydroxyl groups is 3. The van der Waals surface area contributed by atoms with Crippen molar-refractivity contribution in [3.05, 3.63) is 0 Å². The number of hydrogen-bond donors (Lipinski definition) is 3. The van der Waals surface area contributed by atoms with Gasteiger partial charge in [0.1, 0.15) is 5.78 Å². The predicted octanol–water partition coefficient (Wildman–Crippen LogP) is 1.30. The number of Topliss-reactive ketones (excluding diaryl/α,β-unsaturated/α-hetero) is 1. The van der Waals surface area contributed by atoms with Gasteiger partial charge in [-0.2, -0.15) is 0 Å². The Morgan fingerprint density at radius 3 is 1.08 bits per heavy atom. The molecule has 0 aromatic heterocycles. The first kappa shape index (κ1) is 35.0. The van der Waals surface area contributed by atoms with Gasteiger partial charge in [-0.25, -0.2) is 0 Å². The zero-order valence-corrected chi connectivity index (χ0v) is 17.6. The Morgan fingerprint density at radius 2 is 1.08 bits per heavy atom. The third-order valence-electron chi connectivity index (χ3n) is 2.50. The molecular formula is C17H37O6Ti-. The quantitative estimate of drug-likeness (QED) is 0.428. The molecular weight excluding hydrogens is 348 g/mol. The molecule has 0 spiro atoms. The molecule has 0 amide bonds. The number of aliphatic carboxylic acids is 1. The van der Waals surface area contributed by atoms with Crippen LogP contribution < -0.4 is 5.11 Å². The average Bonchev–Trinajstić information content (AvgIpc) is 2.50. The molecule has 0 bridgehead atoms. The maximum absolute atomic E-state index is 10.2. The molecule has 0 aromatic rings. The van der Waals surface area contributed by atoms with E-state index in [2.05, 4.69) is 20.8 Å². The minimum Gasteiger partial charge on any atom is -0.549 e. The van der Waals surface area contributed by atoms with Crippen LogP contribution in [0.4, 0.5) is 0 Å². The standard InChI is InChI=1S/C5H8O3.3C4H10O.Ti/c1-3(4(2)6)5(7)8;3*1-2-3-4-5;/h3H,1-2H3,(H,7,8);3*5H,2-4H2,1H3;/p-1. The van der Waals surface area contributed by atoms with Gasteiger partial charge in [0.15, 0.2) is 0 Å². The minimum atomic E-state index is -1.31. The monoisotopic (exact) mass is 385 g/mol. The van der Waals surface area contributed by atoms with Gasteiger partial charge >= 0.3 is 0 Å². The molecule has 0 fully saturated rings. The molecule has 0 aromatic carbocycles. The zero-order valence-electron chi connectivity index (χ0n) is 16.0. The molecule has 1 atom stereocenters. The number of carbonyl (C=O) groups excluding carboxylic acids is 2. The first-order chi connectivity index (χ1) is 10.8. The summed E-state index contributed by atoms with van der Waals surface area (Å²) >= 11 is 0. The maximum Gasteiger partial charge on any atom is 0.138 e. The van der Waals surface area contributed by atoms with Crippen LogP contribution in [0.15, 0.2) is 0 Å². The SMILES string of the molecule is CC(=O)C(C)C(=O)[O-].CCCCO.CCCCO.CCCCO.[Ti]. The van der Waals surface area contributed by atoms with Crippen molar-refractivity contribution in [1.29, 1.82) is 0 Å². The molecule has 146 valence electrons. The Bertz CT molecular complexity index is 203. The molecule has 0 saturated carbocycles. The van der Waals surface area contributed by atoms with Gasteiger partial charge in [0.2, 0.25) is 0 Å². The van der Waals surface area contributed by atoms with E-state index in [4.69, 9.17) is 15.3 Å². The molecule has 0 rings (SSSR count). The van der Waals surface area contributed by atoms with Crippen LogP contribution in [-0.4, -0.2) is 46.9 Å². The predicted molar refractivity (Wildman–Crippen MR) is 90.8 cm³/mol. The van der Waals surface area contributed by atoms with E-state index in [0.29, 0.717) is 19.8 Å². The van der Waals surface area contributed by atoms with Crippen molar-refractivity contribution in [1.82, 2.24) is 0 Å². The van der Waals surface area contributed by atoms with Crippen molar-refractivity contribution in [2.24, 2.45) is 5.92 Å². The van der Waals surface area contributed by atoms with Gasteiger partial charge < -0.3 is 25.2 Å².